The average molecular weight is 288 g/mol. The number of carboxylic acids is 1. The lowest BCUT2D eigenvalue weighted by Crippen LogP contribution is -2.25. The van der Waals surface area contributed by atoms with Crippen LogP contribution in [0.2, 0.25) is 5.02 Å². The minimum absolute atomic E-state index is 0.0415. The number of carboxylic acid groups (broad SMARTS) is 1. The maximum Gasteiger partial charge on any atom is 0.339 e. The maximum absolute atomic E-state index is 11.1. The maximum atomic E-state index is 11.1. The number of nitrogen functional groups attached to an aromatic ring is 1. The van der Waals surface area contributed by atoms with Gasteiger partial charge in [-0.2, -0.15) is 0 Å². The molecule has 5 nitrogen and oxygen atoms in total. The summed E-state index contributed by atoms with van der Waals surface area (Å²) in [5, 5.41) is 9.29. The fourth-order valence-corrected chi connectivity index (χ4v) is 1.70. The molecular formula is C13H18ClNO4. The van der Waals surface area contributed by atoms with E-state index in [-0.39, 0.29) is 27.6 Å². The number of aromatic carboxylic acids is 1. The second kappa shape index (κ2) is 6.12. The van der Waals surface area contributed by atoms with Crippen LogP contribution in [0.25, 0.3) is 0 Å². The van der Waals surface area contributed by atoms with Crippen molar-refractivity contribution in [1.29, 1.82) is 0 Å². The highest BCUT2D eigenvalue weighted by molar-refractivity contribution is 6.33. The van der Waals surface area contributed by atoms with E-state index in [1.54, 1.807) is 7.11 Å². The number of carbonyl (C=O) groups is 1. The van der Waals surface area contributed by atoms with Crippen LogP contribution in [0.3, 0.4) is 0 Å². The van der Waals surface area contributed by atoms with Gasteiger partial charge in [-0.3, -0.25) is 0 Å². The number of ether oxygens (including phenoxy) is 2. The highest BCUT2D eigenvalue weighted by atomic mass is 35.5. The lowest BCUT2D eigenvalue weighted by molar-refractivity contribution is 0.00538. The van der Waals surface area contributed by atoms with Crippen LogP contribution in [0, 0.1) is 0 Å². The fourth-order valence-electron chi connectivity index (χ4n) is 1.42. The van der Waals surface area contributed by atoms with Crippen molar-refractivity contribution in [2.45, 2.75) is 25.9 Å². The predicted octanol–water partition coefficient (Wildman–Crippen LogP) is 2.81. The second-order valence-corrected chi connectivity index (χ2v) is 5.15. The number of benzene rings is 1. The first-order valence-corrected chi connectivity index (χ1v) is 6.15. The number of hydrogen-bond acceptors (Lipinski definition) is 4. The number of halogens is 1. The van der Waals surface area contributed by atoms with Crippen molar-refractivity contribution >= 4 is 23.3 Å². The zero-order chi connectivity index (χ0) is 14.6. The average Bonchev–Trinajstić information content (AvgIpc) is 2.31. The monoisotopic (exact) mass is 287 g/mol. The van der Waals surface area contributed by atoms with Gasteiger partial charge in [-0.15, -0.1) is 0 Å². The summed E-state index contributed by atoms with van der Waals surface area (Å²) in [5.74, 6) is -0.995. The molecule has 0 saturated heterocycles. The summed E-state index contributed by atoms with van der Waals surface area (Å²) in [6.45, 7) is 4.13. The van der Waals surface area contributed by atoms with Crippen LogP contribution in [-0.2, 0) is 4.74 Å². The highest BCUT2D eigenvalue weighted by Gasteiger charge is 2.19. The van der Waals surface area contributed by atoms with Crippen molar-refractivity contribution in [1.82, 2.24) is 0 Å². The molecule has 3 N–H and O–H groups in total. The summed E-state index contributed by atoms with van der Waals surface area (Å²) >= 11 is 5.96. The molecule has 106 valence electrons. The Morgan fingerprint density at radius 3 is 2.63 bits per heavy atom. The lowest BCUT2D eigenvalue weighted by Gasteiger charge is -2.23. The van der Waals surface area contributed by atoms with E-state index in [4.69, 9.17) is 31.9 Å². The molecule has 0 saturated carbocycles. The molecule has 0 aromatic heterocycles. The molecule has 1 aromatic carbocycles. The summed E-state index contributed by atoms with van der Waals surface area (Å²) < 4.78 is 10.7. The first-order valence-electron chi connectivity index (χ1n) is 5.77. The van der Waals surface area contributed by atoms with Gasteiger partial charge >= 0.3 is 5.97 Å². The number of hydrogen-bond donors (Lipinski definition) is 2. The standard InChI is InChI=1S/C13H18ClNO4/c1-13(2,18-3)4-5-19-11-9(12(16)17)6-8(15)7-10(11)14/h6-7H,4-5,15H2,1-3H3,(H,16,17). The van der Waals surface area contributed by atoms with Crippen molar-refractivity contribution in [3.05, 3.63) is 22.7 Å². The number of methoxy groups -OCH3 is 1. The molecule has 0 heterocycles. The van der Waals surface area contributed by atoms with Crippen LogP contribution in [-0.4, -0.2) is 30.4 Å². The van der Waals surface area contributed by atoms with Crippen molar-refractivity contribution in [3.63, 3.8) is 0 Å². The van der Waals surface area contributed by atoms with Crippen LogP contribution in [0.1, 0.15) is 30.6 Å². The van der Waals surface area contributed by atoms with Crippen molar-refractivity contribution < 1.29 is 19.4 Å². The van der Waals surface area contributed by atoms with Gasteiger partial charge in [0.1, 0.15) is 5.56 Å². The third kappa shape index (κ3) is 4.29. The van der Waals surface area contributed by atoms with Crippen molar-refractivity contribution in [2.24, 2.45) is 0 Å². The summed E-state index contributed by atoms with van der Waals surface area (Å²) in [6.07, 6.45) is 0.600. The predicted molar refractivity (Wildman–Crippen MR) is 74.0 cm³/mol. The molecule has 6 heteroatoms. The molecule has 0 aliphatic carbocycles. The van der Waals surface area contributed by atoms with E-state index >= 15 is 0 Å². The molecule has 0 spiro atoms. The molecule has 0 aliphatic heterocycles. The molecule has 1 aromatic rings. The molecule has 0 unspecified atom stereocenters. The van der Waals surface area contributed by atoms with E-state index in [2.05, 4.69) is 0 Å². The van der Waals surface area contributed by atoms with Crippen molar-refractivity contribution in [2.75, 3.05) is 19.5 Å². The largest absolute Gasteiger partial charge is 0.491 e. The molecule has 0 amide bonds. The number of anilines is 1. The summed E-state index contributed by atoms with van der Waals surface area (Å²) in [4.78, 5) is 11.1. The van der Waals surface area contributed by atoms with Crippen LogP contribution < -0.4 is 10.5 Å². The Labute approximate surface area is 117 Å². The third-order valence-corrected chi connectivity index (χ3v) is 3.08. The van der Waals surface area contributed by atoms with Gasteiger partial charge in [0, 0.05) is 19.2 Å². The Balaban J connectivity index is 2.86. The van der Waals surface area contributed by atoms with Gasteiger partial charge in [-0.05, 0) is 26.0 Å². The minimum Gasteiger partial charge on any atom is -0.491 e. The van der Waals surface area contributed by atoms with E-state index in [9.17, 15) is 4.79 Å². The molecule has 0 radical (unpaired) electrons. The fraction of sp³-hybridized carbons (Fsp3) is 0.462. The highest BCUT2D eigenvalue weighted by Crippen LogP contribution is 2.32. The van der Waals surface area contributed by atoms with Gasteiger partial charge in [0.2, 0.25) is 0 Å². The van der Waals surface area contributed by atoms with Gasteiger partial charge in [-0.1, -0.05) is 11.6 Å². The molecule has 0 fully saturated rings. The van der Waals surface area contributed by atoms with E-state index in [0.717, 1.165) is 0 Å². The van der Waals surface area contributed by atoms with E-state index in [0.29, 0.717) is 13.0 Å². The normalized spacial score (nSPS) is 11.4. The zero-order valence-corrected chi connectivity index (χ0v) is 12.0. The smallest absolute Gasteiger partial charge is 0.339 e. The van der Waals surface area contributed by atoms with E-state index in [1.807, 2.05) is 13.8 Å². The first kappa shape index (κ1) is 15.6. The summed E-state index contributed by atoms with van der Waals surface area (Å²) in [5.41, 5.74) is 5.46. The van der Waals surface area contributed by atoms with Crippen molar-refractivity contribution in [3.8, 4) is 5.75 Å². The van der Waals surface area contributed by atoms with Gasteiger partial charge < -0.3 is 20.3 Å². The Bertz CT molecular complexity index is 474. The topological polar surface area (TPSA) is 81.8 Å². The lowest BCUT2D eigenvalue weighted by atomic mass is 10.1. The molecule has 1 rings (SSSR count). The van der Waals surface area contributed by atoms with Crippen LogP contribution in [0.5, 0.6) is 5.75 Å². The first-order chi connectivity index (χ1) is 8.76. The minimum atomic E-state index is -1.13. The third-order valence-electron chi connectivity index (χ3n) is 2.80. The SMILES string of the molecule is COC(C)(C)CCOc1c(Cl)cc(N)cc1C(=O)O. The van der Waals surface area contributed by atoms with Crippen LogP contribution in [0.15, 0.2) is 12.1 Å². The van der Waals surface area contributed by atoms with Gasteiger partial charge in [0.25, 0.3) is 0 Å². The van der Waals surface area contributed by atoms with Gasteiger partial charge in [-0.25, -0.2) is 4.79 Å². The van der Waals surface area contributed by atoms with E-state index < -0.39 is 5.97 Å². The summed E-state index contributed by atoms with van der Waals surface area (Å²) in [7, 11) is 1.61. The summed E-state index contributed by atoms with van der Waals surface area (Å²) in [6, 6.07) is 2.79. The molecule has 0 bridgehead atoms. The Hall–Kier alpha value is -1.46. The number of rotatable bonds is 6. The zero-order valence-electron chi connectivity index (χ0n) is 11.2. The molecule has 19 heavy (non-hydrogen) atoms. The Morgan fingerprint density at radius 2 is 2.11 bits per heavy atom. The van der Waals surface area contributed by atoms with E-state index in [1.165, 1.54) is 12.1 Å². The second-order valence-electron chi connectivity index (χ2n) is 4.75. The molecule has 0 atom stereocenters. The number of nitrogens with two attached hydrogens (primary N) is 1. The molecule has 0 aliphatic rings. The van der Waals surface area contributed by atoms with Gasteiger partial charge in [0.05, 0.1) is 17.2 Å². The van der Waals surface area contributed by atoms with Gasteiger partial charge in [0.15, 0.2) is 5.75 Å². The van der Waals surface area contributed by atoms with Crippen LogP contribution >= 0.6 is 11.6 Å². The Kier molecular flexibility index (Phi) is 5.03. The quantitative estimate of drug-likeness (QED) is 0.786. The Morgan fingerprint density at radius 1 is 1.47 bits per heavy atom. The molecular weight excluding hydrogens is 270 g/mol. The van der Waals surface area contributed by atoms with Crippen LogP contribution in [0.4, 0.5) is 5.69 Å².